The summed E-state index contributed by atoms with van der Waals surface area (Å²) in [5.41, 5.74) is -2.49. The van der Waals surface area contributed by atoms with Crippen molar-refractivity contribution in [2.75, 3.05) is 6.54 Å². The summed E-state index contributed by atoms with van der Waals surface area (Å²) >= 11 is 6.26. The molecule has 0 atom stereocenters. The van der Waals surface area contributed by atoms with Gasteiger partial charge in [-0.05, 0) is 71.4 Å². The molecule has 1 rings (SSSR count). The number of halogens is 1. The van der Waals surface area contributed by atoms with Crippen LogP contribution in [0.25, 0.3) is 0 Å². The highest BCUT2D eigenvalue weighted by atomic mass is 35.5. The molecule has 9 heteroatoms. The van der Waals surface area contributed by atoms with Gasteiger partial charge in [0.1, 0.15) is 5.60 Å². The fourth-order valence-electron chi connectivity index (χ4n) is 4.13. The Hall–Kier alpha value is -2.48. The molecule has 1 aromatic rings. The van der Waals surface area contributed by atoms with Crippen molar-refractivity contribution in [1.29, 1.82) is 0 Å². The van der Waals surface area contributed by atoms with Crippen molar-refractivity contribution in [1.82, 2.24) is 5.32 Å². The molecule has 0 fully saturated rings. The maximum absolute atomic E-state index is 13.4. The first kappa shape index (κ1) is 31.5. The third-order valence-electron chi connectivity index (χ3n) is 5.79. The summed E-state index contributed by atoms with van der Waals surface area (Å²) in [4.78, 5) is 31.6. The van der Waals surface area contributed by atoms with Gasteiger partial charge in [0.25, 0.3) is 5.91 Å². The number of hydrogen-bond acceptors (Lipinski definition) is 7. The molecule has 0 heterocycles. The van der Waals surface area contributed by atoms with Crippen LogP contribution in [0.3, 0.4) is 0 Å². The van der Waals surface area contributed by atoms with E-state index in [1.54, 1.807) is 20.8 Å². The van der Waals surface area contributed by atoms with Crippen LogP contribution in [0.5, 0.6) is 11.5 Å². The Kier molecular flexibility index (Phi) is 11.5. The Balaban J connectivity index is 3.39. The fraction of sp³-hybridized carbons (Fsp3) is 0.667. The van der Waals surface area contributed by atoms with Gasteiger partial charge in [0.2, 0.25) is 5.60 Å². The molecule has 36 heavy (non-hydrogen) atoms. The Morgan fingerprint density at radius 1 is 0.972 bits per heavy atom. The van der Waals surface area contributed by atoms with Crippen LogP contribution in [0.4, 0.5) is 0 Å². The maximum Gasteiger partial charge on any atom is 0.353 e. The monoisotopic (exact) mass is 526 g/mol. The van der Waals surface area contributed by atoms with Crippen molar-refractivity contribution in [2.45, 2.75) is 105 Å². The van der Waals surface area contributed by atoms with E-state index in [9.17, 15) is 19.8 Å². The molecule has 204 valence electrons. The largest absolute Gasteiger partial charge is 0.504 e. The van der Waals surface area contributed by atoms with E-state index in [2.05, 4.69) is 31.2 Å². The predicted octanol–water partition coefficient (Wildman–Crippen LogP) is 6.10. The third-order valence-corrected chi connectivity index (χ3v) is 6.17. The molecule has 0 radical (unpaired) electrons. The number of phenolic OH excluding ortho intramolecular Hbond substituents is 2. The lowest BCUT2D eigenvalue weighted by Crippen LogP contribution is -2.42. The number of carbonyl (C=O) groups is 2. The number of rotatable bonds is 13. The van der Waals surface area contributed by atoms with E-state index in [-0.39, 0.29) is 21.7 Å². The van der Waals surface area contributed by atoms with Gasteiger partial charge >= 0.3 is 5.97 Å². The van der Waals surface area contributed by atoms with Gasteiger partial charge in [-0.15, -0.1) is 0 Å². The SMILES string of the molecule is CCCC(CCC)(CCC)CNC(=O)/C(=N\OC(C)(C)C(=O)OC(C)(C)C)c1ccc(O)c(O)c1Cl. The Morgan fingerprint density at radius 3 is 1.97 bits per heavy atom. The zero-order valence-corrected chi connectivity index (χ0v) is 23.7. The van der Waals surface area contributed by atoms with Gasteiger partial charge in [-0.2, -0.15) is 0 Å². The van der Waals surface area contributed by atoms with Gasteiger partial charge in [-0.3, -0.25) is 4.79 Å². The van der Waals surface area contributed by atoms with Crippen LogP contribution in [-0.2, 0) is 19.2 Å². The van der Waals surface area contributed by atoms with Gasteiger partial charge in [0, 0.05) is 12.1 Å². The van der Waals surface area contributed by atoms with E-state index in [0.29, 0.717) is 6.54 Å². The molecule has 8 nitrogen and oxygen atoms in total. The molecule has 0 bridgehead atoms. The molecule has 0 unspecified atom stereocenters. The standard InChI is InChI=1S/C27H43ClN2O6/c1-9-14-27(15-10-2,16-11-3)17-29-23(33)21(18-12-13-19(31)22(32)20(18)28)30-36-26(7,8)24(34)35-25(4,5)6/h12-13,31-32H,9-11,14-17H2,1-8H3,(H,29,33)/b30-21-. The van der Waals surface area contributed by atoms with Crippen molar-refractivity contribution in [3.8, 4) is 11.5 Å². The van der Waals surface area contributed by atoms with Gasteiger partial charge in [-0.1, -0.05) is 56.8 Å². The number of oxime groups is 1. The van der Waals surface area contributed by atoms with Crippen LogP contribution in [0, 0.1) is 5.41 Å². The van der Waals surface area contributed by atoms with Crippen LogP contribution in [0.15, 0.2) is 17.3 Å². The molecule has 0 saturated heterocycles. The highest BCUT2D eigenvalue weighted by Crippen LogP contribution is 2.37. The van der Waals surface area contributed by atoms with E-state index in [4.69, 9.17) is 21.2 Å². The molecule has 1 aromatic carbocycles. The lowest BCUT2D eigenvalue weighted by Gasteiger charge is -2.34. The minimum atomic E-state index is -1.51. The number of carbonyl (C=O) groups excluding carboxylic acids is 2. The number of nitrogens with one attached hydrogen (secondary N) is 1. The lowest BCUT2D eigenvalue weighted by molar-refractivity contribution is -0.179. The number of amides is 1. The molecule has 0 aliphatic rings. The van der Waals surface area contributed by atoms with Crippen LogP contribution < -0.4 is 5.32 Å². The van der Waals surface area contributed by atoms with Crippen molar-refractivity contribution in [3.63, 3.8) is 0 Å². The molecule has 0 aromatic heterocycles. The number of phenols is 2. The first-order valence-electron chi connectivity index (χ1n) is 12.6. The highest BCUT2D eigenvalue weighted by Gasteiger charge is 2.36. The molecule has 0 aliphatic carbocycles. The Morgan fingerprint density at radius 2 is 1.50 bits per heavy atom. The van der Waals surface area contributed by atoms with E-state index >= 15 is 0 Å². The predicted molar refractivity (Wildman–Crippen MR) is 142 cm³/mol. The second-order valence-corrected chi connectivity index (χ2v) is 11.1. The fourth-order valence-corrected chi connectivity index (χ4v) is 4.38. The number of ether oxygens (including phenoxy) is 1. The summed E-state index contributed by atoms with van der Waals surface area (Å²) in [6, 6.07) is 2.56. The summed E-state index contributed by atoms with van der Waals surface area (Å²) < 4.78 is 5.40. The first-order valence-corrected chi connectivity index (χ1v) is 13.0. The molecular weight excluding hydrogens is 484 g/mol. The van der Waals surface area contributed by atoms with Gasteiger partial charge in [-0.25, -0.2) is 4.79 Å². The van der Waals surface area contributed by atoms with Crippen LogP contribution in [0.2, 0.25) is 5.02 Å². The van der Waals surface area contributed by atoms with E-state index < -0.39 is 34.6 Å². The van der Waals surface area contributed by atoms with Crippen molar-refractivity contribution < 1.29 is 29.4 Å². The molecule has 0 saturated carbocycles. The highest BCUT2D eigenvalue weighted by molar-refractivity contribution is 6.49. The van der Waals surface area contributed by atoms with Crippen molar-refractivity contribution in [2.24, 2.45) is 10.6 Å². The Bertz CT molecular complexity index is 920. The second-order valence-electron chi connectivity index (χ2n) is 10.8. The average Bonchev–Trinajstić information content (AvgIpc) is 2.77. The zero-order valence-electron chi connectivity index (χ0n) is 23.0. The van der Waals surface area contributed by atoms with Crippen LogP contribution in [0.1, 0.15) is 99.5 Å². The molecule has 3 N–H and O–H groups in total. The number of aromatic hydroxyl groups is 2. The van der Waals surface area contributed by atoms with Crippen LogP contribution in [-0.4, -0.2) is 45.5 Å². The van der Waals surface area contributed by atoms with Crippen LogP contribution >= 0.6 is 11.6 Å². The maximum atomic E-state index is 13.4. The molecule has 0 spiro atoms. The van der Waals surface area contributed by atoms with E-state index in [1.165, 1.54) is 26.0 Å². The van der Waals surface area contributed by atoms with E-state index in [1.807, 2.05) is 0 Å². The quantitative estimate of drug-likeness (QED) is 0.124. The summed E-state index contributed by atoms with van der Waals surface area (Å²) in [6.45, 7) is 15.0. The summed E-state index contributed by atoms with van der Waals surface area (Å²) in [5.74, 6) is -2.26. The molecule has 0 aliphatic heterocycles. The van der Waals surface area contributed by atoms with E-state index in [0.717, 1.165) is 38.5 Å². The Labute approximate surface area is 220 Å². The van der Waals surface area contributed by atoms with Gasteiger partial charge in [0.15, 0.2) is 17.2 Å². The summed E-state index contributed by atoms with van der Waals surface area (Å²) in [5, 5.41) is 26.7. The average molecular weight is 527 g/mol. The zero-order chi connectivity index (χ0) is 27.7. The number of esters is 1. The topological polar surface area (TPSA) is 117 Å². The number of nitrogens with zero attached hydrogens (tertiary/aromatic N) is 1. The smallest absolute Gasteiger partial charge is 0.353 e. The van der Waals surface area contributed by atoms with Crippen molar-refractivity contribution in [3.05, 3.63) is 22.7 Å². The first-order chi connectivity index (χ1) is 16.6. The number of benzene rings is 1. The second kappa shape index (κ2) is 13.2. The summed E-state index contributed by atoms with van der Waals surface area (Å²) in [7, 11) is 0. The minimum absolute atomic E-state index is 0.0523. The van der Waals surface area contributed by atoms with Gasteiger partial charge < -0.3 is 25.1 Å². The van der Waals surface area contributed by atoms with Crippen molar-refractivity contribution >= 4 is 29.2 Å². The minimum Gasteiger partial charge on any atom is -0.504 e. The molecular formula is C27H43ClN2O6. The normalized spacial score (nSPS) is 12.9. The van der Waals surface area contributed by atoms with Gasteiger partial charge in [0.05, 0.1) is 5.02 Å². The summed E-state index contributed by atoms with van der Waals surface area (Å²) in [6.07, 6.45) is 5.85. The third kappa shape index (κ3) is 8.87. The number of hydrogen-bond donors (Lipinski definition) is 3. The molecule has 1 amide bonds. The lowest BCUT2D eigenvalue weighted by atomic mass is 9.75.